The molecule has 24 heavy (non-hydrogen) atoms. The van der Waals surface area contributed by atoms with Crippen LogP contribution in [0.5, 0.6) is 0 Å². The van der Waals surface area contributed by atoms with Crippen molar-refractivity contribution in [2.24, 2.45) is 0 Å². The minimum atomic E-state index is -3.45. The fourth-order valence-electron chi connectivity index (χ4n) is 3.51. The number of ether oxygens (including phenoxy) is 1. The lowest BCUT2D eigenvalue weighted by molar-refractivity contribution is -0.132. The van der Waals surface area contributed by atoms with Crippen LogP contribution in [0, 0.1) is 0 Å². The summed E-state index contributed by atoms with van der Waals surface area (Å²) >= 11 is 0. The molecule has 0 radical (unpaired) electrons. The maximum Gasteiger partial charge on any atom is 0.239 e. The number of hydrogen-bond acceptors (Lipinski definition) is 4. The van der Waals surface area contributed by atoms with Gasteiger partial charge in [0.15, 0.2) is 0 Å². The Hall–Kier alpha value is -1.60. The van der Waals surface area contributed by atoms with Crippen molar-refractivity contribution in [3.8, 4) is 0 Å². The molecule has 2 aliphatic heterocycles. The highest BCUT2D eigenvalue weighted by atomic mass is 32.2. The van der Waals surface area contributed by atoms with E-state index in [9.17, 15) is 13.2 Å². The maximum atomic E-state index is 13.1. The van der Waals surface area contributed by atoms with Gasteiger partial charge in [0.2, 0.25) is 15.9 Å². The summed E-state index contributed by atoms with van der Waals surface area (Å²) in [5.41, 5.74) is 1.87. The molecule has 1 amide bonds. The van der Waals surface area contributed by atoms with Crippen LogP contribution in [-0.4, -0.2) is 57.8 Å². The monoisotopic (exact) mass is 352 g/mol. The van der Waals surface area contributed by atoms with E-state index in [1.54, 1.807) is 12.0 Å². The molecule has 1 atom stereocenters. The number of fused-ring (bicyclic) bond motifs is 1. The second kappa shape index (κ2) is 7.11. The first-order valence-electron chi connectivity index (χ1n) is 8.40. The average Bonchev–Trinajstić information content (AvgIpc) is 3.04. The molecule has 1 saturated heterocycles. The van der Waals surface area contributed by atoms with Gasteiger partial charge in [-0.2, -0.15) is 0 Å². The van der Waals surface area contributed by atoms with Gasteiger partial charge in [-0.25, -0.2) is 8.42 Å². The largest absolute Gasteiger partial charge is 0.384 e. The van der Waals surface area contributed by atoms with Gasteiger partial charge in [-0.05, 0) is 30.9 Å². The van der Waals surface area contributed by atoms with E-state index in [4.69, 9.17) is 4.74 Å². The van der Waals surface area contributed by atoms with Crippen molar-refractivity contribution in [2.75, 3.05) is 37.7 Å². The Kier molecular flexibility index (Phi) is 5.10. The normalized spacial score (nSPS) is 21.0. The van der Waals surface area contributed by atoms with E-state index in [0.717, 1.165) is 24.1 Å². The average molecular weight is 352 g/mol. The minimum absolute atomic E-state index is 0.0291. The van der Waals surface area contributed by atoms with Crippen LogP contribution in [0.2, 0.25) is 0 Å². The first-order chi connectivity index (χ1) is 11.5. The number of nitrogens with zero attached hydrogens (tertiary/aromatic N) is 2. The summed E-state index contributed by atoms with van der Waals surface area (Å²) in [7, 11) is -1.90. The Balaban J connectivity index is 1.74. The number of amides is 1. The number of piperidine rings is 1. The van der Waals surface area contributed by atoms with E-state index in [1.807, 2.05) is 24.3 Å². The smallest absolute Gasteiger partial charge is 0.239 e. The predicted octanol–water partition coefficient (Wildman–Crippen LogP) is 1.41. The molecular formula is C17H24N2O4S. The fourth-order valence-corrected chi connectivity index (χ4v) is 5.50. The van der Waals surface area contributed by atoms with Crippen molar-refractivity contribution in [1.29, 1.82) is 0 Å². The number of carbonyl (C=O) groups excluding carboxylic acids is 1. The van der Waals surface area contributed by atoms with Gasteiger partial charge >= 0.3 is 0 Å². The van der Waals surface area contributed by atoms with E-state index in [2.05, 4.69) is 0 Å². The van der Waals surface area contributed by atoms with Crippen LogP contribution >= 0.6 is 0 Å². The van der Waals surface area contributed by atoms with E-state index >= 15 is 0 Å². The van der Waals surface area contributed by atoms with Gasteiger partial charge in [0.05, 0.1) is 24.0 Å². The molecule has 1 fully saturated rings. The van der Waals surface area contributed by atoms with Crippen molar-refractivity contribution >= 4 is 21.6 Å². The Bertz CT molecular complexity index is 704. The topological polar surface area (TPSA) is 66.9 Å². The molecule has 0 saturated carbocycles. The van der Waals surface area contributed by atoms with Crippen molar-refractivity contribution < 1.29 is 17.9 Å². The highest BCUT2D eigenvalue weighted by Gasteiger charge is 2.38. The second-order valence-corrected chi connectivity index (χ2v) is 8.48. The van der Waals surface area contributed by atoms with Crippen molar-refractivity contribution in [3.05, 3.63) is 29.8 Å². The lowest BCUT2D eigenvalue weighted by Crippen LogP contribution is -2.49. The SMILES string of the molecule is COCCC(=O)N1CCCC(S(=O)(=O)N2CCc3ccccc32)C1. The standard InChI is InChI=1S/C17H24N2O4S/c1-23-12-9-17(20)18-10-4-6-15(13-18)24(21,22)19-11-8-14-5-2-3-7-16(14)19/h2-3,5,7,15H,4,6,8-13H2,1H3. The molecule has 1 unspecified atom stereocenters. The molecule has 7 heteroatoms. The zero-order chi connectivity index (χ0) is 17.2. The number of likely N-dealkylation sites (tertiary alicyclic amines) is 1. The highest BCUT2D eigenvalue weighted by molar-refractivity contribution is 7.93. The Morgan fingerprint density at radius 1 is 1.29 bits per heavy atom. The van der Waals surface area contributed by atoms with Gasteiger partial charge in [0.25, 0.3) is 0 Å². The molecule has 132 valence electrons. The number of methoxy groups -OCH3 is 1. The third-order valence-corrected chi connectivity index (χ3v) is 7.04. The Labute approximate surface area is 143 Å². The quantitative estimate of drug-likeness (QED) is 0.803. The van der Waals surface area contributed by atoms with E-state index in [1.165, 1.54) is 4.31 Å². The first kappa shape index (κ1) is 17.2. The summed E-state index contributed by atoms with van der Waals surface area (Å²) in [6.07, 6.45) is 2.38. The zero-order valence-corrected chi connectivity index (χ0v) is 14.8. The Morgan fingerprint density at radius 2 is 2.08 bits per heavy atom. The highest BCUT2D eigenvalue weighted by Crippen LogP contribution is 2.33. The van der Waals surface area contributed by atoms with Crippen molar-refractivity contribution in [3.63, 3.8) is 0 Å². The summed E-state index contributed by atoms with van der Waals surface area (Å²) in [5.74, 6) is -0.0291. The van der Waals surface area contributed by atoms with Crippen LogP contribution < -0.4 is 4.31 Å². The van der Waals surface area contributed by atoms with Gasteiger partial charge in [-0.3, -0.25) is 9.10 Å². The van der Waals surface area contributed by atoms with Gasteiger partial charge in [0, 0.05) is 26.7 Å². The molecule has 0 bridgehead atoms. The van der Waals surface area contributed by atoms with E-state index < -0.39 is 15.3 Å². The number of hydrogen-bond donors (Lipinski definition) is 0. The van der Waals surface area contributed by atoms with E-state index in [-0.39, 0.29) is 12.5 Å². The van der Waals surface area contributed by atoms with Crippen LogP contribution in [-0.2, 0) is 26.0 Å². The third-order valence-electron chi connectivity index (χ3n) is 4.82. The summed E-state index contributed by atoms with van der Waals surface area (Å²) < 4.78 is 32.7. The molecule has 6 nitrogen and oxygen atoms in total. The molecule has 0 aliphatic carbocycles. The maximum absolute atomic E-state index is 13.1. The summed E-state index contributed by atoms with van der Waals surface area (Å²) in [4.78, 5) is 13.9. The molecule has 2 aliphatic rings. The number of para-hydroxylation sites is 1. The van der Waals surface area contributed by atoms with Crippen molar-refractivity contribution in [2.45, 2.75) is 30.9 Å². The minimum Gasteiger partial charge on any atom is -0.384 e. The van der Waals surface area contributed by atoms with E-state index in [0.29, 0.717) is 32.5 Å². The van der Waals surface area contributed by atoms with Gasteiger partial charge < -0.3 is 9.64 Å². The number of carbonyl (C=O) groups is 1. The van der Waals surface area contributed by atoms with Crippen molar-refractivity contribution in [1.82, 2.24) is 4.90 Å². The molecule has 0 aromatic heterocycles. The first-order valence-corrected chi connectivity index (χ1v) is 9.90. The molecule has 0 spiro atoms. The Morgan fingerprint density at radius 3 is 2.88 bits per heavy atom. The summed E-state index contributed by atoms with van der Waals surface area (Å²) in [5, 5.41) is -0.524. The van der Waals surface area contributed by atoms with Crippen LogP contribution in [0.15, 0.2) is 24.3 Å². The third kappa shape index (κ3) is 3.28. The molecule has 3 rings (SSSR count). The number of rotatable bonds is 5. The number of benzene rings is 1. The summed E-state index contributed by atoms with van der Waals surface area (Å²) in [6.45, 7) is 1.77. The molecule has 2 heterocycles. The molecule has 0 N–H and O–H groups in total. The molecule has 1 aromatic carbocycles. The van der Waals surface area contributed by atoms with Gasteiger partial charge in [-0.15, -0.1) is 0 Å². The van der Waals surface area contributed by atoms with Crippen LogP contribution in [0.4, 0.5) is 5.69 Å². The van der Waals surface area contributed by atoms with Crippen LogP contribution in [0.1, 0.15) is 24.8 Å². The molecule has 1 aromatic rings. The van der Waals surface area contributed by atoms with Gasteiger partial charge in [0.1, 0.15) is 0 Å². The second-order valence-electron chi connectivity index (χ2n) is 6.34. The van der Waals surface area contributed by atoms with Crippen LogP contribution in [0.3, 0.4) is 0 Å². The van der Waals surface area contributed by atoms with Crippen LogP contribution in [0.25, 0.3) is 0 Å². The zero-order valence-electron chi connectivity index (χ0n) is 14.0. The molecular weight excluding hydrogens is 328 g/mol. The number of anilines is 1. The summed E-state index contributed by atoms with van der Waals surface area (Å²) in [6, 6.07) is 7.65. The fraction of sp³-hybridized carbons (Fsp3) is 0.588. The predicted molar refractivity (Wildman–Crippen MR) is 92.5 cm³/mol. The number of sulfonamides is 1. The van der Waals surface area contributed by atoms with Gasteiger partial charge in [-0.1, -0.05) is 18.2 Å². The lowest BCUT2D eigenvalue weighted by Gasteiger charge is -2.35. The lowest BCUT2D eigenvalue weighted by atomic mass is 10.1.